The fourth-order valence-electron chi connectivity index (χ4n) is 2.26. The van der Waals surface area contributed by atoms with E-state index >= 15 is 0 Å². The molecule has 0 fully saturated rings. The molecule has 21 heavy (non-hydrogen) atoms. The molecule has 1 amide bonds. The molecule has 2 aromatic carbocycles. The minimum absolute atomic E-state index is 0.0671. The molecule has 0 bridgehead atoms. The predicted molar refractivity (Wildman–Crippen MR) is 88.7 cm³/mol. The van der Waals surface area contributed by atoms with Crippen molar-refractivity contribution in [1.82, 2.24) is 0 Å². The molecule has 110 valence electrons. The Labute approximate surface area is 127 Å². The van der Waals surface area contributed by atoms with Crippen LogP contribution in [0.5, 0.6) is 0 Å². The van der Waals surface area contributed by atoms with E-state index in [4.69, 9.17) is 0 Å². The molecule has 0 saturated carbocycles. The standard InChI is InChI=1S/C19H23NO/c1-4-16-7-10-18(11-8-16)20-19(21)12-9-17-6-5-14(2)15(3)13-17/h5-8,10-11,13H,4,9,12H2,1-3H3,(H,20,21). The van der Waals surface area contributed by atoms with Gasteiger partial charge >= 0.3 is 0 Å². The minimum atomic E-state index is 0.0671. The van der Waals surface area contributed by atoms with Crippen LogP contribution in [0.25, 0.3) is 0 Å². The average Bonchev–Trinajstić information content (AvgIpc) is 2.49. The Kier molecular flexibility index (Phi) is 5.15. The van der Waals surface area contributed by atoms with Crippen LogP contribution in [0.2, 0.25) is 0 Å². The lowest BCUT2D eigenvalue weighted by molar-refractivity contribution is -0.116. The van der Waals surface area contributed by atoms with E-state index in [0.29, 0.717) is 6.42 Å². The van der Waals surface area contributed by atoms with Crippen molar-refractivity contribution in [2.75, 3.05) is 5.32 Å². The van der Waals surface area contributed by atoms with Crippen molar-refractivity contribution in [1.29, 1.82) is 0 Å². The van der Waals surface area contributed by atoms with Crippen molar-refractivity contribution < 1.29 is 4.79 Å². The summed E-state index contributed by atoms with van der Waals surface area (Å²) in [7, 11) is 0. The first-order valence-electron chi connectivity index (χ1n) is 7.53. The van der Waals surface area contributed by atoms with Gasteiger partial charge in [0, 0.05) is 12.1 Å². The van der Waals surface area contributed by atoms with Crippen LogP contribution in [0, 0.1) is 13.8 Å². The van der Waals surface area contributed by atoms with Crippen molar-refractivity contribution in [3.63, 3.8) is 0 Å². The number of anilines is 1. The Morgan fingerprint density at radius 1 is 0.952 bits per heavy atom. The quantitative estimate of drug-likeness (QED) is 0.862. The molecule has 0 radical (unpaired) electrons. The predicted octanol–water partition coefficient (Wildman–Crippen LogP) is 4.44. The van der Waals surface area contributed by atoms with Gasteiger partial charge in [-0.3, -0.25) is 4.79 Å². The van der Waals surface area contributed by atoms with Crippen LogP contribution < -0.4 is 5.32 Å². The fraction of sp³-hybridized carbons (Fsp3) is 0.316. The van der Waals surface area contributed by atoms with E-state index < -0.39 is 0 Å². The third-order valence-corrected chi connectivity index (χ3v) is 3.86. The third-order valence-electron chi connectivity index (χ3n) is 3.86. The van der Waals surface area contributed by atoms with E-state index in [1.54, 1.807) is 0 Å². The van der Waals surface area contributed by atoms with Gasteiger partial charge in [-0.05, 0) is 61.1 Å². The van der Waals surface area contributed by atoms with Gasteiger partial charge in [0.05, 0.1) is 0 Å². The second-order valence-corrected chi connectivity index (χ2v) is 5.52. The van der Waals surface area contributed by atoms with E-state index in [1.807, 2.05) is 12.1 Å². The maximum Gasteiger partial charge on any atom is 0.224 e. The third kappa shape index (κ3) is 4.45. The van der Waals surface area contributed by atoms with E-state index in [1.165, 1.54) is 22.3 Å². The highest BCUT2D eigenvalue weighted by atomic mass is 16.1. The molecule has 0 aliphatic heterocycles. The fourth-order valence-corrected chi connectivity index (χ4v) is 2.26. The highest BCUT2D eigenvalue weighted by Gasteiger charge is 2.04. The molecule has 2 aromatic rings. The van der Waals surface area contributed by atoms with Gasteiger partial charge in [0.2, 0.25) is 5.91 Å². The number of amides is 1. The monoisotopic (exact) mass is 281 g/mol. The van der Waals surface area contributed by atoms with Crippen LogP contribution >= 0.6 is 0 Å². The van der Waals surface area contributed by atoms with Gasteiger partial charge in [-0.15, -0.1) is 0 Å². The molecule has 0 aromatic heterocycles. The highest BCUT2D eigenvalue weighted by molar-refractivity contribution is 5.90. The van der Waals surface area contributed by atoms with E-state index in [0.717, 1.165) is 18.5 Å². The van der Waals surface area contributed by atoms with E-state index in [2.05, 4.69) is 56.4 Å². The molecule has 0 heterocycles. The summed E-state index contributed by atoms with van der Waals surface area (Å²) in [5, 5.41) is 2.95. The topological polar surface area (TPSA) is 29.1 Å². The van der Waals surface area contributed by atoms with Crippen LogP contribution in [0.1, 0.15) is 35.6 Å². The largest absolute Gasteiger partial charge is 0.326 e. The average molecular weight is 281 g/mol. The molecular weight excluding hydrogens is 258 g/mol. The zero-order valence-corrected chi connectivity index (χ0v) is 13.1. The summed E-state index contributed by atoms with van der Waals surface area (Å²) in [4.78, 5) is 12.0. The minimum Gasteiger partial charge on any atom is -0.326 e. The number of aryl methyl sites for hydroxylation is 4. The first-order chi connectivity index (χ1) is 10.1. The smallest absolute Gasteiger partial charge is 0.224 e. The van der Waals surface area contributed by atoms with E-state index in [-0.39, 0.29) is 5.91 Å². The number of hydrogen-bond acceptors (Lipinski definition) is 1. The summed E-state index contributed by atoms with van der Waals surface area (Å²) in [5.74, 6) is 0.0671. The van der Waals surface area contributed by atoms with E-state index in [9.17, 15) is 4.79 Å². The summed E-state index contributed by atoms with van der Waals surface area (Å²) >= 11 is 0. The molecule has 0 aliphatic carbocycles. The summed E-state index contributed by atoms with van der Waals surface area (Å²) < 4.78 is 0. The maximum absolute atomic E-state index is 12.0. The molecule has 0 unspecified atom stereocenters. The van der Waals surface area contributed by atoms with Crippen molar-refractivity contribution in [2.45, 2.75) is 40.0 Å². The van der Waals surface area contributed by atoms with Crippen molar-refractivity contribution in [2.24, 2.45) is 0 Å². The summed E-state index contributed by atoms with van der Waals surface area (Å²) in [5.41, 5.74) is 5.94. The van der Waals surface area contributed by atoms with Crippen LogP contribution in [0.3, 0.4) is 0 Å². The zero-order valence-electron chi connectivity index (χ0n) is 13.1. The lowest BCUT2D eigenvalue weighted by Gasteiger charge is -2.07. The lowest BCUT2D eigenvalue weighted by Crippen LogP contribution is -2.12. The second kappa shape index (κ2) is 7.07. The normalized spacial score (nSPS) is 10.4. The number of carbonyl (C=O) groups is 1. The Balaban J connectivity index is 1.87. The summed E-state index contributed by atoms with van der Waals surface area (Å²) in [6, 6.07) is 14.4. The van der Waals surface area contributed by atoms with Crippen LogP contribution in [0.4, 0.5) is 5.69 Å². The first kappa shape index (κ1) is 15.3. The summed E-state index contributed by atoms with van der Waals surface area (Å²) in [6.07, 6.45) is 2.30. The second-order valence-electron chi connectivity index (χ2n) is 5.52. The number of nitrogens with one attached hydrogen (secondary N) is 1. The van der Waals surface area contributed by atoms with Gasteiger partial charge in [0.15, 0.2) is 0 Å². The van der Waals surface area contributed by atoms with Crippen LogP contribution in [-0.2, 0) is 17.6 Å². The van der Waals surface area contributed by atoms with Crippen molar-refractivity contribution >= 4 is 11.6 Å². The van der Waals surface area contributed by atoms with Gasteiger partial charge in [-0.25, -0.2) is 0 Å². The zero-order chi connectivity index (χ0) is 15.2. The van der Waals surface area contributed by atoms with Gasteiger partial charge < -0.3 is 5.32 Å². The molecule has 2 heteroatoms. The van der Waals surface area contributed by atoms with Crippen LogP contribution in [-0.4, -0.2) is 5.91 Å². The Morgan fingerprint density at radius 2 is 1.62 bits per heavy atom. The molecule has 0 aliphatic rings. The summed E-state index contributed by atoms with van der Waals surface area (Å²) in [6.45, 7) is 6.33. The number of carbonyl (C=O) groups excluding carboxylic acids is 1. The first-order valence-corrected chi connectivity index (χ1v) is 7.53. The molecular formula is C19H23NO. The molecule has 2 rings (SSSR count). The number of hydrogen-bond donors (Lipinski definition) is 1. The van der Waals surface area contributed by atoms with Crippen molar-refractivity contribution in [3.8, 4) is 0 Å². The van der Waals surface area contributed by atoms with Crippen molar-refractivity contribution in [3.05, 3.63) is 64.7 Å². The van der Waals surface area contributed by atoms with Gasteiger partial charge in [0.1, 0.15) is 0 Å². The van der Waals surface area contributed by atoms with Gasteiger partial charge in [-0.2, -0.15) is 0 Å². The number of benzene rings is 2. The molecule has 2 nitrogen and oxygen atoms in total. The highest BCUT2D eigenvalue weighted by Crippen LogP contribution is 2.13. The Bertz CT molecular complexity index is 614. The van der Waals surface area contributed by atoms with Gasteiger partial charge in [0.25, 0.3) is 0 Å². The lowest BCUT2D eigenvalue weighted by atomic mass is 10.0. The van der Waals surface area contributed by atoms with Gasteiger partial charge in [-0.1, -0.05) is 37.3 Å². The number of rotatable bonds is 5. The molecule has 1 N–H and O–H groups in total. The molecule has 0 spiro atoms. The SMILES string of the molecule is CCc1ccc(NC(=O)CCc2ccc(C)c(C)c2)cc1. The maximum atomic E-state index is 12.0. The molecule has 0 atom stereocenters. The van der Waals surface area contributed by atoms with Crippen LogP contribution in [0.15, 0.2) is 42.5 Å². The Hall–Kier alpha value is -2.09. The Morgan fingerprint density at radius 3 is 2.24 bits per heavy atom. The molecule has 0 saturated heterocycles.